The number of hydrogen-bond acceptors (Lipinski definition) is 2. The summed E-state index contributed by atoms with van der Waals surface area (Å²) in [6.45, 7) is 12.4. The van der Waals surface area contributed by atoms with Crippen LogP contribution < -0.4 is 4.90 Å². The second-order valence-electron chi connectivity index (χ2n) is 7.80. The molecule has 1 unspecified atom stereocenters. The fraction of sp³-hybridized carbons (Fsp3) is 0.632. The van der Waals surface area contributed by atoms with Crippen LogP contribution in [-0.4, -0.2) is 37.0 Å². The molecule has 1 heterocycles. The standard InChI is InChI=1S/C19H28N2O/c1-14(2)15-5-7-16(8-6-15)20-9-11-21(12-10-20)18(22)17-13-19(17,3)4/h5-8,14,17H,9-13H2,1-4H3. The van der Waals surface area contributed by atoms with Gasteiger partial charge in [-0.25, -0.2) is 0 Å². The number of nitrogens with zero attached hydrogens (tertiary/aromatic N) is 2. The summed E-state index contributed by atoms with van der Waals surface area (Å²) in [5.74, 6) is 1.22. The summed E-state index contributed by atoms with van der Waals surface area (Å²) in [5, 5.41) is 0. The lowest BCUT2D eigenvalue weighted by Gasteiger charge is -2.36. The predicted octanol–water partition coefficient (Wildman–Crippen LogP) is 3.50. The fourth-order valence-electron chi connectivity index (χ4n) is 3.36. The van der Waals surface area contributed by atoms with Crippen LogP contribution in [0.3, 0.4) is 0 Å². The van der Waals surface area contributed by atoms with Crippen LogP contribution in [0.2, 0.25) is 0 Å². The van der Waals surface area contributed by atoms with E-state index in [1.165, 1.54) is 11.3 Å². The largest absolute Gasteiger partial charge is 0.368 e. The smallest absolute Gasteiger partial charge is 0.226 e. The van der Waals surface area contributed by atoms with Crippen molar-refractivity contribution in [2.24, 2.45) is 11.3 Å². The molecule has 0 radical (unpaired) electrons. The van der Waals surface area contributed by atoms with Gasteiger partial charge >= 0.3 is 0 Å². The Morgan fingerprint density at radius 3 is 2.09 bits per heavy atom. The average Bonchev–Trinajstić information content (AvgIpc) is 3.15. The minimum Gasteiger partial charge on any atom is -0.368 e. The van der Waals surface area contributed by atoms with Crippen molar-refractivity contribution in [3.05, 3.63) is 29.8 Å². The number of benzene rings is 1. The summed E-state index contributed by atoms with van der Waals surface area (Å²) < 4.78 is 0. The minimum atomic E-state index is 0.237. The molecule has 1 saturated heterocycles. The summed E-state index contributed by atoms with van der Waals surface area (Å²) in [7, 11) is 0. The molecule has 3 rings (SSSR count). The molecule has 3 heteroatoms. The molecule has 0 bridgehead atoms. The van der Waals surface area contributed by atoms with Crippen molar-refractivity contribution in [1.29, 1.82) is 0 Å². The quantitative estimate of drug-likeness (QED) is 0.853. The minimum absolute atomic E-state index is 0.237. The number of rotatable bonds is 3. The van der Waals surface area contributed by atoms with Crippen molar-refractivity contribution in [3.63, 3.8) is 0 Å². The molecule has 3 nitrogen and oxygen atoms in total. The van der Waals surface area contributed by atoms with Gasteiger partial charge in [-0.3, -0.25) is 4.79 Å². The first kappa shape index (κ1) is 15.4. The van der Waals surface area contributed by atoms with Gasteiger partial charge in [-0.1, -0.05) is 39.8 Å². The number of carbonyl (C=O) groups excluding carboxylic acids is 1. The zero-order chi connectivity index (χ0) is 15.9. The second-order valence-corrected chi connectivity index (χ2v) is 7.80. The van der Waals surface area contributed by atoms with E-state index in [0.717, 1.165) is 32.6 Å². The Morgan fingerprint density at radius 1 is 1.09 bits per heavy atom. The molecule has 1 aliphatic carbocycles. The molecule has 1 saturated carbocycles. The van der Waals surface area contributed by atoms with E-state index < -0.39 is 0 Å². The molecule has 2 fully saturated rings. The van der Waals surface area contributed by atoms with Crippen molar-refractivity contribution in [2.75, 3.05) is 31.1 Å². The first-order chi connectivity index (χ1) is 10.4. The number of piperazine rings is 1. The average molecular weight is 300 g/mol. The van der Waals surface area contributed by atoms with E-state index >= 15 is 0 Å². The van der Waals surface area contributed by atoms with Crippen LogP contribution in [0.15, 0.2) is 24.3 Å². The van der Waals surface area contributed by atoms with Crippen molar-refractivity contribution in [3.8, 4) is 0 Å². The molecule has 1 amide bonds. The second kappa shape index (κ2) is 5.60. The maximum atomic E-state index is 12.4. The molecule has 1 aromatic rings. The van der Waals surface area contributed by atoms with E-state index in [1.54, 1.807) is 0 Å². The lowest BCUT2D eigenvalue weighted by molar-refractivity contribution is -0.133. The van der Waals surface area contributed by atoms with Gasteiger partial charge in [0.05, 0.1) is 0 Å². The Kier molecular flexibility index (Phi) is 3.92. The summed E-state index contributed by atoms with van der Waals surface area (Å²) in [5.41, 5.74) is 2.90. The van der Waals surface area contributed by atoms with Gasteiger partial charge < -0.3 is 9.80 Å². The summed E-state index contributed by atoms with van der Waals surface area (Å²) in [4.78, 5) is 16.9. The van der Waals surface area contributed by atoms with Crippen LogP contribution in [0.25, 0.3) is 0 Å². The molecule has 120 valence electrons. The van der Waals surface area contributed by atoms with E-state index in [4.69, 9.17) is 0 Å². The van der Waals surface area contributed by atoms with Crippen LogP contribution >= 0.6 is 0 Å². The highest BCUT2D eigenvalue weighted by molar-refractivity contribution is 5.82. The number of carbonyl (C=O) groups is 1. The molecule has 0 spiro atoms. The molecule has 2 aliphatic rings. The van der Waals surface area contributed by atoms with Crippen molar-refractivity contribution >= 4 is 11.6 Å². The van der Waals surface area contributed by atoms with Gasteiger partial charge in [0.2, 0.25) is 5.91 Å². The molecule has 0 N–H and O–H groups in total. The number of hydrogen-bond donors (Lipinski definition) is 0. The topological polar surface area (TPSA) is 23.6 Å². The lowest BCUT2D eigenvalue weighted by atomic mass is 10.0. The van der Waals surface area contributed by atoms with E-state index in [-0.39, 0.29) is 11.3 Å². The SMILES string of the molecule is CC(C)c1ccc(N2CCN(C(=O)C3CC3(C)C)CC2)cc1. The highest BCUT2D eigenvalue weighted by Crippen LogP contribution is 2.52. The van der Waals surface area contributed by atoms with Gasteiger partial charge in [0.25, 0.3) is 0 Å². The maximum Gasteiger partial charge on any atom is 0.226 e. The van der Waals surface area contributed by atoms with Gasteiger partial charge in [0.1, 0.15) is 0 Å². The summed E-state index contributed by atoms with van der Waals surface area (Å²) in [6.07, 6.45) is 1.06. The van der Waals surface area contributed by atoms with Crippen LogP contribution in [-0.2, 0) is 4.79 Å². The Balaban J connectivity index is 1.56. The molecule has 1 atom stereocenters. The zero-order valence-corrected chi connectivity index (χ0v) is 14.3. The van der Waals surface area contributed by atoms with Gasteiger partial charge in [0.15, 0.2) is 0 Å². The summed E-state index contributed by atoms with van der Waals surface area (Å²) in [6, 6.07) is 8.89. The molecule has 1 aromatic carbocycles. The first-order valence-corrected chi connectivity index (χ1v) is 8.52. The molecule has 22 heavy (non-hydrogen) atoms. The van der Waals surface area contributed by atoms with Crippen molar-refractivity contribution < 1.29 is 4.79 Å². The third-order valence-corrected chi connectivity index (χ3v) is 5.33. The Labute approximate surface area is 134 Å². The monoisotopic (exact) mass is 300 g/mol. The lowest BCUT2D eigenvalue weighted by Crippen LogP contribution is -2.49. The Morgan fingerprint density at radius 2 is 1.64 bits per heavy atom. The Bertz CT molecular complexity index is 539. The Hall–Kier alpha value is -1.51. The molecule has 0 aromatic heterocycles. The van der Waals surface area contributed by atoms with Gasteiger partial charge in [-0.15, -0.1) is 0 Å². The van der Waals surface area contributed by atoms with Gasteiger partial charge in [-0.2, -0.15) is 0 Å². The van der Waals surface area contributed by atoms with Crippen molar-refractivity contribution in [2.45, 2.75) is 40.0 Å². The summed E-state index contributed by atoms with van der Waals surface area (Å²) >= 11 is 0. The molecule has 1 aliphatic heterocycles. The van der Waals surface area contributed by atoms with Crippen molar-refractivity contribution in [1.82, 2.24) is 4.90 Å². The van der Waals surface area contributed by atoms with Gasteiger partial charge in [0, 0.05) is 37.8 Å². The van der Waals surface area contributed by atoms with Crippen LogP contribution in [0.1, 0.15) is 45.6 Å². The van der Waals surface area contributed by atoms with E-state index in [1.807, 2.05) is 0 Å². The number of amides is 1. The highest BCUT2D eigenvalue weighted by Gasteiger charge is 2.52. The van der Waals surface area contributed by atoms with Crippen LogP contribution in [0.4, 0.5) is 5.69 Å². The zero-order valence-electron chi connectivity index (χ0n) is 14.3. The number of anilines is 1. The fourth-order valence-corrected chi connectivity index (χ4v) is 3.36. The van der Waals surface area contributed by atoms with E-state index in [0.29, 0.717) is 11.8 Å². The third-order valence-electron chi connectivity index (χ3n) is 5.33. The highest BCUT2D eigenvalue weighted by atomic mass is 16.2. The van der Waals surface area contributed by atoms with E-state index in [2.05, 4.69) is 61.8 Å². The van der Waals surface area contributed by atoms with E-state index in [9.17, 15) is 4.79 Å². The van der Waals surface area contributed by atoms with Crippen LogP contribution in [0, 0.1) is 11.3 Å². The third kappa shape index (κ3) is 2.99. The first-order valence-electron chi connectivity index (χ1n) is 8.52. The maximum absolute atomic E-state index is 12.4. The predicted molar refractivity (Wildman–Crippen MR) is 91.2 cm³/mol. The van der Waals surface area contributed by atoms with Crippen LogP contribution in [0.5, 0.6) is 0 Å². The molecular weight excluding hydrogens is 272 g/mol. The normalized spacial score (nSPS) is 23.8. The van der Waals surface area contributed by atoms with Gasteiger partial charge in [-0.05, 0) is 35.4 Å². The molecular formula is C19H28N2O.